The van der Waals surface area contributed by atoms with E-state index >= 15 is 0 Å². The zero-order valence-corrected chi connectivity index (χ0v) is 10.8. The van der Waals surface area contributed by atoms with Gasteiger partial charge in [-0.15, -0.1) is 0 Å². The normalized spacial score (nSPS) is 10.3. The zero-order chi connectivity index (χ0) is 12.3. The van der Waals surface area contributed by atoms with E-state index in [1.807, 2.05) is 24.3 Å². The fraction of sp³-hybridized carbons (Fsp3) is 0.167. The van der Waals surface area contributed by atoms with Crippen molar-refractivity contribution in [2.45, 2.75) is 6.42 Å². The Labute approximate surface area is 110 Å². The monoisotopic (exact) mass is 267 g/mol. The molecule has 2 aromatic rings. The number of halogens is 2. The van der Waals surface area contributed by atoms with Gasteiger partial charge in [-0.1, -0.05) is 35.3 Å². The number of rotatable bonds is 3. The third kappa shape index (κ3) is 2.87. The van der Waals surface area contributed by atoms with Crippen molar-refractivity contribution in [1.29, 1.82) is 0 Å². The molecule has 88 valence electrons. The first kappa shape index (κ1) is 12.1. The van der Waals surface area contributed by atoms with E-state index in [0.29, 0.717) is 16.6 Å². The van der Waals surface area contributed by atoms with Crippen molar-refractivity contribution in [2.75, 3.05) is 12.4 Å². The standard InChI is InChI=1S/C12H11Cl2N3/c1-15-12-10(11(14)16-7-17-12)6-8-3-2-4-9(13)5-8/h2-5,7H,6H2,1H3,(H,15,16,17). The SMILES string of the molecule is CNc1ncnc(Cl)c1Cc1cccc(Cl)c1. The average Bonchev–Trinajstić information content (AvgIpc) is 2.32. The topological polar surface area (TPSA) is 37.8 Å². The highest BCUT2D eigenvalue weighted by atomic mass is 35.5. The molecule has 0 unspecified atom stereocenters. The van der Waals surface area contributed by atoms with Gasteiger partial charge in [-0.3, -0.25) is 0 Å². The maximum Gasteiger partial charge on any atom is 0.138 e. The van der Waals surface area contributed by atoms with Crippen LogP contribution in [-0.4, -0.2) is 17.0 Å². The van der Waals surface area contributed by atoms with Gasteiger partial charge in [-0.25, -0.2) is 9.97 Å². The molecule has 0 spiro atoms. The second-order valence-electron chi connectivity index (χ2n) is 3.55. The van der Waals surface area contributed by atoms with Crippen LogP contribution in [0.25, 0.3) is 0 Å². The molecule has 0 saturated carbocycles. The summed E-state index contributed by atoms with van der Waals surface area (Å²) >= 11 is 12.0. The van der Waals surface area contributed by atoms with Crippen LogP contribution < -0.4 is 5.32 Å². The van der Waals surface area contributed by atoms with Crippen LogP contribution in [0, 0.1) is 0 Å². The number of benzene rings is 1. The summed E-state index contributed by atoms with van der Waals surface area (Å²) in [4.78, 5) is 8.12. The maximum atomic E-state index is 6.07. The molecule has 0 radical (unpaired) electrons. The minimum Gasteiger partial charge on any atom is -0.373 e. The lowest BCUT2D eigenvalue weighted by molar-refractivity contribution is 1.07. The number of hydrogen-bond acceptors (Lipinski definition) is 3. The third-order valence-electron chi connectivity index (χ3n) is 2.40. The van der Waals surface area contributed by atoms with E-state index in [1.54, 1.807) is 7.05 Å². The number of anilines is 1. The molecular formula is C12H11Cl2N3. The average molecular weight is 268 g/mol. The van der Waals surface area contributed by atoms with Crippen molar-refractivity contribution in [3.8, 4) is 0 Å². The van der Waals surface area contributed by atoms with Crippen LogP contribution in [-0.2, 0) is 6.42 Å². The molecule has 0 aliphatic rings. The van der Waals surface area contributed by atoms with Gasteiger partial charge in [0.15, 0.2) is 0 Å². The van der Waals surface area contributed by atoms with E-state index in [0.717, 1.165) is 16.9 Å². The number of aromatic nitrogens is 2. The summed E-state index contributed by atoms with van der Waals surface area (Å²) in [5, 5.41) is 4.17. The van der Waals surface area contributed by atoms with Crippen LogP contribution in [0.4, 0.5) is 5.82 Å². The summed E-state index contributed by atoms with van der Waals surface area (Å²) in [6.07, 6.45) is 2.09. The Morgan fingerprint density at radius 2 is 2.06 bits per heavy atom. The van der Waals surface area contributed by atoms with Gasteiger partial charge in [0, 0.05) is 24.1 Å². The Bertz CT molecular complexity index is 529. The second kappa shape index (κ2) is 5.34. The van der Waals surface area contributed by atoms with Crippen LogP contribution >= 0.6 is 23.2 Å². The molecule has 0 aliphatic carbocycles. The van der Waals surface area contributed by atoms with Crippen LogP contribution in [0.3, 0.4) is 0 Å². The second-order valence-corrected chi connectivity index (χ2v) is 4.34. The first-order valence-electron chi connectivity index (χ1n) is 5.12. The van der Waals surface area contributed by atoms with Crippen LogP contribution in [0.5, 0.6) is 0 Å². The molecule has 17 heavy (non-hydrogen) atoms. The van der Waals surface area contributed by atoms with E-state index in [-0.39, 0.29) is 0 Å². The Balaban J connectivity index is 2.35. The molecule has 1 heterocycles. The quantitative estimate of drug-likeness (QED) is 0.867. The first-order chi connectivity index (χ1) is 8.20. The Kier molecular flexibility index (Phi) is 3.82. The van der Waals surface area contributed by atoms with Crippen molar-refractivity contribution in [1.82, 2.24) is 9.97 Å². The molecule has 0 amide bonds. The van der Waals surface area contributed by atoms with Gasteiger partial charge in [-0.2, -0.15) is 0 Å². The smallest absolute Gasteiger partial charge is 0.138 e. The van der Waals surface area contributed by atoms with E-state index < -0.39 is 0 Å². The summed E-state index contributed by atoms with van der Waals surface area (Å²) in [6, 6.07) is 7.65. The van der Waals surface area contributed by atoms with Gasteiger partial charge >= 0.3 is 0 Å². The molecule has 1 N–H and O–H groups in total. The highest BCUT2D eigenvalue weighted by molar-refractivity contribution is 6.31. The van der Waals surface area contributed by atoms with Crippen molar-refractivity contribution in [3.05, 3.63) is 51.9 Å². The summed E-state index contributed by atoms with van der Waals surface area (Å²) in [7, 11) is 1.81. The molecule has 0 aliphatic heterocycles. The molecule has 0 saturated heterocycles. The fourth-order valence-electron chi connectivity index (χ4n) is 1.61. The molecule has 1 aromatic carbocycles. The number of hydrogen-bond donors (Lipinski definition) is 1. The molecule has 3 nitrogen and oxygen atoms in total. The molecule has 0 atom stereocenters. The predicted molar refractivity (Wildman–Crippen MR) is 70.8 cm³/mol. The predicted octanol–water partition coefficient (Wildman–Crippen LogP) is 3.42. The Morgan fingerprint density at radius 1 is 1.24 bits per heavy atom. The molecule has 0 bridgehead atoms. The molecule has 1 aromatic heterocycles. The fourth-order valence-corrected chi connectivity index (χ4v) is 2.03. The van der Waals surface area contributed by atoms with Crippen LogP contribution in [0.2, 0.25) is 10.2 Å². The Morgan fingerprint density at radius 3 is 2.76 bits per heavy atom. The maximum absolute atomic E-state index is 6.07. The van der Waals surface area contributed by atoms with Gasteiger partial charge in [0.05, 0.1) is 0 Å². The summed E-state index contributed by atoms with van der Waals surface area (Å²) in [5.41, 5.74) is 1.95. The summed E-state index contributed by atoms with van der Waals surface area (Å²) in [6.45, 7) is 0. The van der Waals surface area contributed by atoms with Crippen molar-refractivity contribution in [2.24, 2.45) is 0 Å². The Hall–Kier alpha value is -1.32. The minimum absolute atomic E-state index is 0.462. The van der Waals surface area contributed by atoms with E-state index in [9.17, 15) is 0 Å². The van der Waals surface area contributed by atoms with Crippen molar-refractivity contribution >= 4 is 29.0 Å². The highest BCUT2D eigenvalue weighted by Gasteiger charge is 2.09. The summed E-state index contributed by atoms with van der Waals surface area (Å²) < 4.78 is 0. The lowest BCUT2D eigenvalue weighted by Crippen LogP contribution is -2.01. The van der Waals surface area contributed by atoms with Crippen molar-refractivity contribution < 1.29 is 0 Å². The number of nitrogens with one attached hydrogen (secondary N) is 1. The molecule has 2 rings (SSSR count). The summed E-state index contributed by atoms with van der Waals surface area (Å²) in [5.74, 6) is 0.741. The lowest BCUT2D eigenvalue weighted by atomic mass is 10.1. The molecular weight excluding hydrogens is 257 g/mol. The van der Waals surface area contributed by atoms with Crippen LogP contribution in [0.15, 0.2) is 30.6 Å². The molecule has 0 fully saturated rings. The largest absolute Gasteiger partial charge is 0.373 e. The van der Waals surface area contributed by atoms with Gasteiger partial charge < -0.3 is 5.32 Å². The van der Waals surface area contributed by atoms with E-state index in [1.165, 1.54) is 6.33 Å². The van der Waals surface area contributed by atoms with E-state index in [4.69, 9.17) is 23.2 Å². The van der Waals surface area contributed by atoms with Gasteiger partial charge in [0.25, 0.3) is 0 Å². The first-order valence-corrected chi connectivity index (χ1v) is 5.88. The zero-order valence-electron chi connectivity index (χ0n) is 9.24. The lowest BCUT2D eigenvalue weighted by Gasteiger charge is -2.09. The molecule has 5 heteroatoms. The third-order valence-corrected chi connectivity index (χ3v) is 2.96. The van der Waals surface area contributed by atoms with Crippen LogP contribution in [0.1, 0.15) is 11.1 Å². The van der Waals surface area contributed by atoms with Gasteiger partial charge in [-0.05, 0) is 17.7 Å². The number of nitrogens with zero attached hydrogens (tertiary/aromatic N) is 2. The minimum atomic E-state index is 0.462. The van der Waals surface area contributed by atoms with E-state index in [2.05, 4.69) is 15.3 Å². The van der Waals surface area contributed by atoms with Gasteiger partial charge in [0.2, 0.25) is 0 Å². The highest BCUT2D eigenvalue weighted by Crippen LogP contribution is 2.23. The van der Waals surface area contributed by atoms with Crippen molar-refractivity contribution in [3.63, 3.8) is 0 Å². The van der Waals surface area contributed by atoms with Gasteiger partial charge in [0.1, 0.15) is 17.3 Å².